The van der Waals surface area contributed by atoms with Crippen LogP contribution in [0, 0.1) is 0 Å². The summed E-state index contributed by atoms with van der Waals surface area (Å²) in [6.07, 6.45) is 0. The second-order valence-electron chi connectivity index (χ2n) is 8.72. The molecule has 0 aliphatic carbocycles. The van der Waals surface area contributed by atoms with E-state index >= 15 is 0 Å². The minimum atomic E-state index is -0.458. The minimum Gasteiger partial charge on any atom is -0.437 e. The normalized spacial score (nSPS) is 13.8. The van der Waals surface area contributed by atoms with Crippen LogP contribution in [0.5, 0.6) is 0 Å². The fraction of sp³-hybridized carbons (Fsp3) is 0. The second-order valence-corrected chi connectivity index (χ2v) is 8.72. The van der Waals surface area contributed by atoms with Gasteiger partial charge in [-0.15, -0.1) is 0 Å². The van der Waals surface area contributed by atoms with Crippen LogP contribution < -0.4 is 0 Å². The standard InChI is InChI=1S/C32H19N3O/c1-2-10-20(11-3-1)30-29-24-15-7-9-17-28(24)36-31(29)34-32(33-30)35-26-16-8-6-14-23(26)25-18-21-12-4-5-13-22(21)19-27(25)35/h1-19H/i1D,2D,3D,10D,11D. The van der Waals surface area contributed by atoms with Crippen LogP contribution in [0.15, 0.2) is 120 Å². The van der Waals surface area contributed by atoms with Crippen molar-refractivity contribution >= 4 is 54.6 Å². The fourth-order valence-electron chi connectivity index (χ4n) is 5.13. The molecule has 8 rings (SSSR count). The molecule has 0 aliphatic rings. The first-order chi connectivity index (χ1) is 19.9. The number of nitrogens with zero attached hydrogens (tertiary/aromatic N) is 3. The molecule has 0 saturated heterocycles. The molecule has 168 valence electrons. The van der Waals surface area contributed by atoms with E-state index in [-0.39, 0.29) is 35.0 Å². The van der Waals surface area contributed by atoms with Crippen molar-refractivity contribution in [3.63, 3.8) is 0 Å². The van der Waals surface area contributed by atoms with Crippen molar-refractivity contribution < 1.29 is 11.3 Å². The number of aromatic nitrogens is 3. The summed E-state index contributed by atoms with van der Waals surface area (Å²) in [5, 5.41) is 5.40. The Morgan fingerprint density at radius 2 is 1.39 bits per heavy atom. The predicted molar refractivity (Wildman–Crippen MR) is 147 cm³/mol. The maximum atomic E-state index is 8.74. The van der Waals surface area contributed by atoms with Gasteiger partial charge in [-0.2, -0.15) is 4.98 Å². The Labute approximate surface area is 213 Å². The minimum absolute atomic E-state index is 0.00224. The third kappa shape index (κ3) is 2.70. The van der Waals surface area contributed by atoms with Crippen molar-refractivity contribution in [3.05, 3.63) is 115 Å². The van der Waals surface area contributed by atoms with Crippen molar-refractivity contribution in [2.24, 2.45) is 0 Å². The molecule has 36 heavy (non-hydrogen) atoms. The summed E-state index contributed by atoms with van der Waals surface area (Å²) in [5.41, 5.74) is 2.81. The fourth-order valence-corrected chi connectivity index (χ4v) is 5.13. The second kappa shape index (κ2) is 7.27. The molecule has 3 heterocycles. The van der Waals surface area contributed by atoms with Gasteiger partial charge in [0.2, 0.25) is 11.7 Å². The van der Waals surface area contributed by atoms with Gasteiger partial charge in [0, 0.05) is 21.7 Å². The molecule has 4 nitrogen and oxygen atoms in total. The van der Waals surface area contributed by atoms with Crippen molar-refractivity contribution in [2.45, 2.75) is 0 Å². The first-order valence-corrected chi connectivity index (χ1v) is 11.6. The van der Waals surface area contributed by atoms with E-state index in [0.717, 1.165) is 32.6 Å². The highest BCUT2D eigenvalue weighted by Gasteiger charge is 2.20. The molecule has 4 heteroatoms. The van der Waals surface area contributed by atoms with Gasteiger partial charge in [-0.1, -0.05) is 90.9 Å². The van der Waals surface area contributed by atoms with Crippen LogP contribution in [0.4, 0.5) is 0 Å². The Morgan fingerprint density at radius 3 is 2.25 bits per heavy atom. The van der Waals surface area contributed by atoms with Crippen LogP contribution in [0.2, 0.25) is 0 Å². The highest BCUT2D eigenvalue weighted by atomic mass is 16.3. The molecule has 0 bridgehead atoms. The molecule has 0 saturated carbocycles. The number of rotatable bonds is 2. The maximum Gasteiger partial charge on any atom is 0.238 e. The molecular weight excluding hydrogens is 442 g/mol. The topological polar surface area (TPSA) is 43.9 Å². The Hall–Kier alpha value is -4.96. The third-order valence-electron chi connectivity index (χ3n) is 6.70. The van der Waals surface area contributed by atoms with Crippen LogP contribution in [0.25, 0.3) is 71.9 Å². The van der Waals surface area contributed by atoms with E-state index in [9.17, 15) is 0 Å². The zero-order chi connectivity index (χ0) is 28.0. The van der Waals surface area contributed by atoms with E-state index in [1.807, 2.05) is 59.2 Å². The largest absolute Gasteiger partial charge is 0.437 e. The molecule has 5 aromatic carbocycles. The SMILES string of the molecule is [2H]c1c([2H])c([2H])c(-c2nc(-n3c4ccccc4c4cc5ccccc5cc43)nc3oc4ccccc4c23)c([2H])c1[2H]. The number of benzene rings is 5. The molecule has 3 aromatic heterocycles. The first-order valence-electron chi connectivity index (χ1n) is 14.1. The number of hydrogen-bond donors (Lipinski definition) is 0. The molecule has 0 N–H and O–H groups in total. The van der Waals surface area contributed by atoms with E-state index in [0.29, 0.717) is 16.4 Å². The van der Waals surface area contributed by atoms with E-state index in [1.165, 1.54) is 0 Å². The molecule has 0 fully saturated rings. The number of para-hydroxylation sites is 2. The number of fused-ring (bicyclic) bond motifs is 7. The van der Waals surface area contributed by atoms with Crippen molar-refractivity contribution in [3.8, 4) is 17.2 Å². The quantitative estimate of drug-likeness (QED) is 0.257. The van der Waals surface area contributed by atoms with Crippen LogP contribution in [0.1, 0.15) is 6.85 Å². The molecular formula is C32H19N3O. The van der Waals surface area contributed by atoms with Gasteiger partial charge in [0.05, 0.1) is 29.0 Å². The van der Waals surface area contributed by atoms with Gasteiger partial charge in [0.1, 0.15) is 5.58 Å². The molecule has 0 atom stereocenters. The zero-order valence-corrected chi connectivity index (χ0v) is 18.8. The maximum absolute atomic E-state index is 8.74. The van der Waals surface area contributed by atoms with Gasteiger partial charge >= 0.3 is 0 Å². The summed E-state index contributed by atoms with van der Waals surface area (Å²) in [6, 6.07) is 25.8. The van der Waals surface area contributed by atoms with Crippen LogP contribution in [0.3, 0.4) is 0 Å². The smallest absolute Gasteiger partial charge is 0.238 e. The summed E-state index contributed by atoms with van der Waals surface area (Å²) in [4.78, 5) is 9.85. The number of furan rings is 1. The summed E-state index contributed by atoms with van der Waals surface area (Å²) in [5.74, 6) is 0.278. The van der Waals surface area contributed by atoms with Crippen molar-refractivity contribution in [1.29, 1.82) is 0 Å². The van der Waals surface area contributed by atoms with Gasteiger partial charge in [0.25, 0.3) is 0 Å². The Kier molecular flexibility index (Phi) is 3.05. The van der Waals surface area contributed by atoms with E-state index < -0.39 is 18.1 Å². The molecule has 0 unspecified atom stereocenters. The molecule has 0 radical (unpaired) electrons. The van der Waals surface area contributed by atoms with Crippen molar-refractivity contribution in [1.82, 2.24) is 14.5 Å². The average molecular weight is 467 g/mol. The van der Waals surface area contributed by atoms with Crippen LogP contribution in [-0.4, -0.2) is 14.5 Å². The van der Waals surface area contributed by atoms with E-state index in [2.05, 4.69) is 30.3 Å². The third-order valence-corrected chi connectivity index (χ3v) is 6.70. The monoisotopic (exact) mass is 466 g/mol. The molecule has 8 aromatic rings. The van der Waals surface area contributed by atoms with Crippen LogP contribution in [-0.2, 0) is 0 Å². The Balaban J connectivity index is 1.56. The lowest BCUT2D eigenvalue weighted by atomic mass is 10.1. The van der Waals surface area contributed by atoms with Gasteiger partial charge in [0.15, 0.2) is 0 Å². The van der Waals surface area contributed by atoms with Crippen molar-refractivity contribution in [2.75, 3.05) is 0 Å². The van der Waals surface area contributed by atoms with Crippen LogP contribution >= 0.6 is 0 Å². The molecule has 0 amide bonds. The van der Waals surface area contributed by atoms with Gasteiger partial charge < -0.3 is 4.42 Å². The lowest BCUT2D eigenvalue weighted by Gasteiger charge is -2.10. The van der Waals surface area contributed by atoms with E-state index in [4.69, 9.17) is 21.2 Å². The first kappa shape index (κ1) is 15.1. The molecule has 0 aliphatic heterocycles. The van der Waals surface area contributed by atoms with Gasteiger partial charge in [-0.25, -0.2) is 4.98 Å². The zero-order valence-electron chi connectivity index (χ0n) is 23.8. The Bertz CT molecular complexity index is 2360. The lowest BCUT2D eigenvalue weighted by molar-refractivity contribution is 0.651. The van der Waals surface area contributed by atoms with Gasteiger partial charge in [-0.05, 0) is 35.0 Å². The Morgan fingerprint density at radius 1 is 0.667 bits per heavy atom. The lowest BCUT2D eigenvalue weighted by Crippen LogP contribution is -2.02. The highest BCUT2D eigenvalue weighted by Crippen LogP contribution is 2.38. The number of hydrogen-bond acceptors (Lipinski definition) is 3. The summed E-state index contributed by atoms with van der Waals surface area (Å²) >= 11 is 0. The van der Waals surface area contributed by atoms with E-state index in [1.54, 1.807) is 0 Å². The predicted octanol–water partition coefficient (Wildman–Crippen LogP) is 8.29. The summed E-state index contributed by atoms with van der Waals surface area (Å²) in [6.45, 7) is 0. The summed E-state index contributed by atoms with van der Waals surface area (Å²) in [7, 11) is 0. The van der Waals surface area contributed by atoms with Gasteiger partial charge in [-0.3, -0.25) is 4.57 Å². The molecule has 0 spiro atoms. The summed E-state index contributed by atoms with van der Waals surface area (Å²) < 4.78 is 50.4. The average Bonchev–Trinajstić information content (AvgIpc) is 3.53. The highest BCUT2D eigenvalue weighted by molar-refractivity contribution is 6.14.